The third-order valence-electron chi connectivity index (χ3n) is 2.02. The Morgan fingerprint density at radius 2 is 2.24 bits per heavy atom. The molecule has 1 heterocycles. The number of nitrogens with zero attached hydrogens (tertiary/aromatic N) is 2. The summed E-state index contributed by atoms with van der Waals surface area (Å²) in [6.07, 6.45) is 5.16. The maximum Gasteiger partial charge on any atom is 0.277 e. The van der Waals surface area contributed by atoms with Crippen LogP contribution < -0.4 is 4.74 Å². The van der Waals surface area contributed by atoms with Gasteiger partial charge >= 0.3 is 0 Å². The fraction of sp³-hybridized carbons (Fsp3) is 0.167. The molecule has 0 radical (unpaired) electrons. The number of hydrogen-bond donors (Lipinski definition) is 0. The largest absolute Gasteiger partial charge is 0.496 e. The number of thioether (sulfide) groups is 1. The molecule has 0 saturated carbocycles. The van der Waals surface area contributed by atoms with Crippen molar-refractivity contribution in [2.24, 2.45) is 0 Å². The maximum atomic E-state index is 5.48. The molecule has 0 unspecified atom stereocenters. The van der Waals surface area contributed by atoms with Crippen molar-refractivity contribution < 1.29 is 9.15 Å². The Bertz CT molecular complexity index is 545. The molecular weight excluding hydrogens is 236 g/mol. The number of benzene rings is 1. The highest BCUT2D eigenvalue weighted by atomic mass is 32.2. The van der Waals surface area contributed by atoms with Crippen LogP contribution >= 0.6 is 11.8 Å². The summed E-state index contributed by atoms with van der Waals surface area (Å²) in [7, 11) is 1.60. The average Bonchev–Trinajstić information content (AvgIpc) is 2.85. The molecule has 0 aliphatic rings. The van der Waals surface area contributed by atoms with Crippen LogP contribution in [0.5, 0.6) is 5.75 Å². The summed E-state index contributed by atoms with van der Waals surface area (Å²) in [5.74, 6) is 4.14. The number of aromatic nitrogens is 2. The molecule has 17 heavy (non-hydrogen) atoms. The molecule has 0 bridgehead atoms. The van der Waals surface area contributed by atoms with Crippen molar-refractivity contribution in [3.63, 3.8) is 0 Å². The van der Waals surface area contributed by atoms with Crippen molar-refractivity contribution in [3.8, 4) is 29.5 Å². The molecule has 0 N–H and O–H groups in total. The van der Waals surface area contributed by atoms with Crippen molar-refractivity contribution in [2.45, 2.75) is 5.22 Å². The first-order valence-corrected chi connectivity index (χ1v) is 5.87. The van der Waals surface area contributed by atoms with Crippen LogP contribution in [0.4, 0.5) is 0 Å². The molecule has 86 valence electrons. The minimum absolute atomic E-state index is 0.432. The van der Waals surface area contributed by atoms with Crippen LogP contribution in [0.3, 0.4) is 0 Å². The second-order valence-corrected chi connectivity index (χ2v) is 3.99. The van der Waals surface area contributed by atoms with E-state index in [1.165, 1.54) is 11.8 Å². The molecule has 0 spiro atoms. The Morgan fingerprint density at radius 1 is 1.41 bits per heavy atom. The van der Waals surface area contributed by atoms with Gasteiger partial charge in [0.05, 0.1) is 18.4 Å². The number of rotatable bonds is 4. The minimum atomic E-state index is 0.432. The van der Waals surface area contributed by atoms with E-state index in [9.17, 15) is 0 Å². The smallest absolute Gasteiger partial charge is 0.277 e. The topological polar surface area (TPSA) is 48.2 Å². The van der Waals surface area contributed by atoms with Gasteiger partial charge in [0.1, 0.15) is 5.75 Å². The number of hydrogen-bond acceptors (Lipinski definition) is 5. The molecule has 0 saturated heterocycles. The van der Waals surface area contributed by atoms with E-state index >= 15 is 0 Å². The predicted molar refractivity (Wildman–Crippen MR) is 65.8 cm³/mol. The third kappa shape index (κ3) is 2.60. The SMILES string of the molecule is C#CCSc1nnc(-c2ccccc2OC)o1. The van der Waals surface area contributed by atoms with Crippen molar-refractivity contribution in [3.05, 3.63) is 24.3 Å². The van der Waals surface area contributed by atoms with Crippen LogP contribution in [-0.2, 0) is 0 Å². The zero-order chi connectivity index (χ0) is 12.1. The van der Waals surface area contributed by atoms with E-state index in [4.69, 9.17) is 15.6 Å². The van der Waals surface area contributed by atoms with Gasteiger partial charge in [-0.15, -0.1) is 16.6 Å². The van der Waals surface area contributed by atoms with Gasteiger partial charge in [0.25, 0.3) is 11.1 Å². The molecule has 4 nitrogen and oxygen atoms in total. The lowest BCUT2D eigenvalue weighted by Gasteiger charge is -2.02. The van der Waals surface area contributed by atoms with E-state index < -0.39 is 0 Å². The van der Waals surface area contributed by atoms with Crippen LogP contribution in [0.25, 0.3) is 11.5 Å². The van der Waals surface area contributed by atoms with E-state index in [0.29, 0.717) is 22.6 Å². The fourth-order valence-corrected chi connectivity index (χ4v) is 1.74. The summed E-state index contributed by atoms with van der Waals surface area (Å²) in [6, 6.07) is 7.47. The Kier molecular flexibility index (Phi) is 3.68. The second kappa shape index (κ2) is 5.41. The quantitative estimate of drug-likeness (QED) is 0.612. The highest BCUT2D eigenvalue weighted by Crippen LogP contribution is 2.30. The van der Waals surface area contributed by atoms with E-state index in [0.717, 1.165) is 5.56 Å². The molecule has 1 aromatic heterocycles. The van der Waals surface area contributed by atoms with Crippen molar-refractivity contribution in [2.75, 3.05) is 12.9 Å². The molecule has 5 heteroatoms. The summed E-state index contributed by atoms with van der Waals surface area (Å²) >= 11 is 1.33. The lowest BCUT2D eigenvalue weighted by atomic mass is 10.2. The average molecular weight is 246 g/mol. The number of methoxy groups -OCH3 is 1. The second-order valence-electron chi connectivity index (χ2n) is 3.07. The molecule has 2 aromatic rings. The molecule has 0 atom stereocenters. The number of terminal acetylenes is 1. The highest BCUT2D eigenvalue weighted by Gasteiger charge is 2.12. The van der Waals surface area contributed by atoms with Crippen LogP contribution in [0.15, 0.2) is 33.9 Å². The first-order chi connectivity index (χ1) is 8.35. The molecule has 0 amide bonds. The third-order valence-corrected chi connectivity index (χ3v) is 2.75. The van der Waals surface area contributed by atoms with E-state index in [1.807, 2.05) is 24.3 Å². The monoisotopic (exact) mass is 246 g/mol. The number of para-hydroxylation sites is 1. The standard InChI is InChI=1S/C12H10N2O2S/c1-3-8-17-12-14-13-11(16-12)9-6-4-5-7-10(9)15-2/h1,4-7H,8H2,2H3. The summed E-state index contributed by atoms with van der Waals surface area (Å²) in [5, 5.41) is 8.32. The maximum absolute atomic E-state index is 5.48. The molecule has 2 rings (SSSR count). The van der Waals surface area contributed by atoms with Gasteiger partial charge in [0.15, 0.2) is 0 Å². The first kappa shape index (κ1) is 11.6. The summed E-state index contributed by atoms with van der Waals surface area (Å²) < 4.78 is 10.7. The molecule has 0 aliphatic carbocycles. The zero-order valence-electron chi connectivity index (χ0n) is 9.21. The van der Waals surface area contributed by atoms with Gasteiger partial charge in [-0.3, -0.25) is 0 Å². The van der Waals surface area contributed by atoms with E-state index in [2.05, 4.69) is 16.1 Å². The Labute approximate surface area is 103 Å². The highest BCUT2D eigenvalue weighted by molar-refractivity contribution is 7.99. The lowest BCUT2D eigenvalue weighted by Crippen LogP contribution is -1.87. The van der Waals surface area contributed by atoms with E-state index in [-0.39, 0.29) is 0 Å². The normalized spacial score (nSPS) is 9.88. The van der Waals surface area contributed by atoms with Gasteiger partial charge in [-0.25, -0.2) is 0 Å². The van der Waals surface area contributed by atoms with Crippen molar-refractivity contribution in [1.82, 2.24) is 10.2 Å². The Hall–Kier alpha value is -1.93. The summed E-state index contributed by atoms with van der Waals surface area (Å²) in [4.78, 5) is 0. The lowest BCUT2D eigenvalue weighted by molar-refractivity contribution is 0.411. The zero-order valence-corrected chi connectivity index (χ0v) is 10.0. The van der Waals surface area contributed by atoms with Crippen LogP contribution in [0.1, 0.15) is 0 Å². The predicted octanol–water partition coefficient (Wildman–Crippen LogP) is 2.47. The van der Waals surface area contributed by atoms with Crippen LogP contribution in [0, 0.1) is 12.3 Å². The van der Waals surface area contributed by atoms with Crippen LogP contribution in [0.2, 0.25) is 0 Å². The molecule has 0 aliphatic heterocycles. The van der Waals surface area contributed by atoms with Crippen molar-refractivity contribution >= 4 is 11.8 Å². The van der Waals surface area contributed by atoms with Crippen molar-refractivity contribution in [1.29, 1.82) is 0 Å². The summed E-state index contributed by atoms with van der Waals surface area (Å²) in [6.45, 7) is 0. The first-order valence-electron chi connectivity index (χ1n) is 4.88. The fourth-order valence-electron chi connectivity index (χ4n) is 1.30. The molecule has 1 aromatic carbocycles. The van der Waals surface area contributed by atoms with Gasteiger partial charge in [0, 0.05) is 0 Å². The van der Waals surface area contributed by atoms with Crippen LogP contribution in [-0.4, -0.2) is 23.1 Å². The number of ether oxygens (including phenoxy) is 1. The van der Waals surface area contributed by atoms with Gasteiger partial charge in [0.2, 0.25) is 0 Å². The Morgan fingerprint density at radius 3 is 3.00 bits per heavy atom. The van der Waals surface area contributed by atoms with Gasteiger partial charge < -0.3 is 9.15 Å². The van der Waals surface area contributed by atoms with Gasteiger partial charge in [-0.1, -0.05) is 29.8 Å². The van der Waals surface area contributed by atoms with Gasteiger partial charge in [-0.05, 0) is 12.1 Å². The van der Waals surface area contributed by atoms with Gasteiger partial charge in [-0.2, -0.15) is 0 Å². The molecular formula is C12H10N2O2S. The minimum Gasteiger partial charge on any atom is -0.496 e. The molecule has 0 fully saturated rings. The Balaban J connectivity index is 2.28. The van der Waals surface area contributed by atoms with E-state index in [1.54, 1.807) is 7.11 Å². The summed E-state index contributed by atoms with van der Waals surface area (Å²) in [5.41, 5.74) is 0.773.